The summed E-state index contributed by atoms with van der Waals surface area (Å²) < 4.78 is 6.17. The topological polar surface area (TPSA) is 56.0 Å². The third-order valence-corrected chi connectivity index (χ3v) is 8.14. The van der Waals surface area contributed by atoms with Crippen molar-refractivity contribution in [2.45, 2.75) is 75.2 Å². The van der Waals surface area contributed by atoms with E-state index >= 15 is 0 Å². The van der Waals surface area contributed by atoms with Gasteiger partial charge < -0.3 is 4.42 Å². The summed E-state index contributed by atoms with van der Waals surface area (Å²) in [6, 6.07) is 6.03. The van der Waals surface area contributed by atoms with Gasteiger partial charge in [0.25, 0.3) is 5.22 Å². The van der Waals surface area contributed by atoms with Crippen molar-refractivity contribution < 1.29 is 9.21 Å². The highest BCUT2D eigenvalue weighted by atomic mass is 32.2. The Kier molecular flexibility index (Phi) is 4.42. The maximum atomic E-state index is 12.9. The number of carbonyl (C=O) groups is 1. The smallest absolute Gasteiger partial charge is 0.277 e. The predicted octanol–water partition coefficient (Wildman–Crippen LogP) is 5.52. The molecule has 4 saturated carbocycles. The van der Waals surface area contributed by atoms with Gasteiger partial charge in [-0.15, -0.1) is 10.2 Å². The number of carbonyl (C=O) groups excluding carboxylic acids is 1. The fourth-order valence-electron chi connectivity index (χ4n) is 6.27. The molecular weight excluding hydrogens is 368 g/mol. The third kappa shape index (κ3) is 3.12. The van der Waals surface area contributed by atoms with E-state index < -0.39 is 0 Å². The number of benzene rings is 1. The highest BCUT2D eigenvalue weighted by molar-refractivity contribution is 8.00. The normalized spacial score (nSPS) is 31.9. The first kappa shape index (κ1) is 18.4. The van der Waals surface area contributed by atoms with Crippen LogP contribution in [0.25, 0.3) is 0 Å². The van der Waals surface area contributed by atoms with Crippen LogP contribution in [0.1, 0.15) is 72.8 Å². The van der Waals surface area contributed by atoms with Gasteiger partial charge in [0.1, 0.15) is 0 Å². The van der Waals surface area contributed by atoms with Crippen molar-refractivity contribution in [1.82, 2.24) is 10.2 Å². The van der Waals surface area contributed by atoms with E-state index in [1.165, 1.54) is 50.3 Å². The van der Waals surface area contributed by atoms with Gasteiger partial charge in [-0.1, -0.05) is 29.5 Å². The van der Waals surface area contributed by atoms with Crippen molar-refractivity contribution >= 4 is 17.5 Å². The summed E-state index contributed by atoms with van der Waals surface area (Å²) in [6.45, 7) is 5.94. The summed E-state index contributed by atoms with van der Waals surface area (Å²) in [5, 5.41) is 9.09. The predicted molar refractivity (Wildman–Crippen MR) is 110 cm³/mol. The number of aryl methyl sites for hydroxylation is 2. The van der Waals surface area contributed by atoms with Crippen LogP contribution in [0.3, 0.4) is 0 Å². The van der Waals surface area contributed by atoms with Gasteiger partial charge in [0.05, 0.1) is 5.25 Å². The van der Waals surface area contributed by atoms with Gasteiger partial charge in [0, 0.05) is 11.0 Å². The molecule has 2 aromatic rings. The Bertz CT molecular complexity index is 884. The Hall–Kier alpha value is -1.62. The summed E-state index contributed by atoms with van der Waals surface area (Å²) >= 11 is 1.40. The average Bonchev–Trinajstić information content (AvgIpc) is 3.11. The van der Waals surface area contributed by atoms with Crippen LogP contribution in [-0.2, 0) is 5.41 Å². The Morgan fingerprint density at radius 1 is 1.11 bits per heavy atom. The van der Waals surface area contributed by atoms with Crippen LogP contribution in [0, 0.1) is 31.6 Å². The monoisotopic (exact) mass is 396 g/mol. The highest BCUT2D eigenvalue weighted by Gasteiger charge is 2.54. The zero-order chi connectivity index (χ0) is 19.5. The lowest BCUT2D eigenvalue weighted by Gasteiger charge is -2.55. The molecule has 4 aliphatic rings. The number of aromatic nitrogens is 2. The molecular formula is C23H28N2O2S. The van der Waals surface area contributed by atoms with Crippen molar-refractivity contribution in [3.8, 4) is 0 Å². The number of ketones is 1. The molecule has 0 amide bonds. The van der Waals surface area contributed by atoms with Crippen LogP contribution in [0.5, 0.6) is 0 Å². The highest BCUT2D eigenvalue weighted by Crippen LogP contribution is 2.60. The van der Waals surface area contributed by atoms with E-state index in [2.05, 4.69) is 10.2 Å². The van der Waals surface area contributed by atoms with Gasteiger partial charge in [-0.3, -0.25) is 4.79 Å². The van der Waals surface area contributed by atoms with Crippen molar-refractivity contribution in [3.63, 3.8) is 0 Å². The second-order valence-corrected chi connectivity index (χ2v) is 10.8. The lowest BCUT2D eigenvalue weighted by atomic mass is 9.49. The quantitative estimate of drug-likeness (QED) is 0.492. The molecule has 1 atom stereocenters. The lowest BCUT2D eigenvalue weighted by molar-refractivity contribution is -0.0191. The molecule has 5 heteroatoms. The summed E-state index contributed by atoms with van der Waals surface area (Å²) in [7, 11) is 0. The van der Waals surface area contributed by atoms with E-state index in [-0.39, 0.29) is 16.4 Å². The molecule has 4 nitrogen and oxygen atoms in total. The first-order valence-electron chi connectivity index (χ1n) is 10.5. The van der Waals surface area contributed by atoms with E-state index in [1.54, 1.807) is 0 Å². The molecule has 0 saturated heterocycles. The summed E-state index contributed by atoms with van der Waals surface area (Å²) in [5.74, 6) is 3.50. The summed E-state index contributed by atoms with van der Waals surface area (Å²) in [5.41, 5.74) is 3.03. The lowest BCUT2D eigenvalue weighted by Crippen LogP contribution is -2.48. The molecule has 6 rings (SSSR count). The maximum absolute atomic E-state index is 12.9. The number of Topliss-reactive ketones (excluding diaryl/α,β-unsaturated/α-hetero) is 1. The van der Waals surface area contributed by atoms with Crippen molar-refractivity contribution in [3.05, 3.63) is 40.8 Å². The van der Waals surface area contributed by atoms with Crippen molar-refractivity contribution in [2.24, 2.45) is 17.8 Å². The molecule has 0 spiro atoms. The van der Waals surface area contributed by atoms with Crippen LogP contribution in [-0.4, -0.2) is 21.2 Å². The minimum Gasteiger partial charge on any atom is -0.415 e. The number of rotatable bonds is 5. The Balaban J connectivity index is 1.33. The molecule has 28 heavy (non-hydrogen) atoms. The molecule has 148 valence electrons. The molecule has 0 radical (unpaired) electrons. The standard InChI is InChI=1S/C23H28N2O2S/c1-13-4-5-14(2)19(6-13)20(26)15(3)28-22-25-24-21(27-22)23-10-16-7-17(11-23)9-18(8-16)12-23/h4-6,15-18H,7-12H2,1-3H3/t15-,16?,17?,18?,23?/m0/s1. The maximum Gasteiger partial charge on any atom is 0.277 e. The third-order valence-electron chi connectivity index (χ3n) is 7.20. The zero-order valence-corrected chi connectivity index (χ0v) is 17.7. The minimum absolute atomic E-state index is 0.112. The first-order valence-corrected chi connectivity index (χ1v) is 11.4. The largest absolute Gasteiger partial charge is 0.415 e. The second kappa shape index (κ2) is 6.72. The molecule has 0 unspecified atom stereocenters. The van der Waals surface area contributed by atoms with Crippen molar-refractivity contribution in [2.75, 3.05) is 0 Å². The molecule has 4 fully saturated rings. The molecule has 1 aromatic heterocycles. The fourth-order valence-corrected chi connectivity index (χ4v) is 7.02. The van der Waals surface area contributed by atoms with Gasteiger partial charge in [0.2, 0.25) is 5.89 Å². The van der Waals surface area contributed by atoms with E-state index in [1.807, 2.05) is 39.0 Å². The number of hydrogen-bond donors (Lipinski definition) is 0. The molecule has 0 aliphatic heterocycles. The molecule has 1 aromatic carbocycles. The van der Waals surface area contributed by atoms with Crippen LogP contribution in [0.15, 0.2) is 27.8 Å². The number of nitrogens with zero attached hydrogens (tertiary/aromatic N) is 2. The summed E-state index contributed by atoms with van der Waals surface area (Å²) in [6.07, 6.45) is 7.83. The molecule has 1 heterocycles. The van der Waals surface area contributed by atoms with Gasteiger partial charge >= 0.3 is 0 Å². The van der Waals surface area contributed by atoms with Gasteiger partial charge in [-0.05, 0) is 88.7 Å². The van der Waals surface area contributed by atoms with E-state index in [0.717, 1.165) is 40.3 Å². The van der Waals surface area contributed by atoms with Crippen LogP contribution >= 0.6 is 11.8 Å². The Morgan fingerprint density at radius 3 is 2.39 bits per heavy atom. The fraction of sp³-hybridized carbons (Fsp3) is 0.609. The molecule has 0 N–H and O–H groups in total. The van der Waals surface area contributed by atoms with Crippen LogP contribution in [0.2, 0.25) is 0 Å². The van der Waals surface area contributed by atoms with Gasteiger partial charge in [-0.25, -0.2) is 0 Å². The molecule has 4 aliphatic carbocycles. The van der Waals surface area contributed by atoms with Gasteiger partial charge in [-0.2, -0.15) is 0 Å². The van der Waals surface area contributed by atoms with Gasteiger partial charge in [0.15, 0.2) is 5.78 Å². The second-order valence-electron chi connectivity index (χ2n) is 9.51. The number of hydrogen-bond acceptors (Lipinski definition) is 5. The molecule has 4 bridgehead atoms. The number of thioether (sulfide) groups is 1. The van der Waals surface area contributed by atoms with E-state index in [9.17, 15) is 4.79 Å². The average molecular weight is 397 g/mol. The first-order chi connectivity index (χ1) is 13.4. The Morgan fingerprint density at radius 2 is 1.75 bits per heavy atom. The SMILES string of the molecule is Cc1ccc(C)c(C(=O)[C@H](C)Sc2nnc(C34CC5CC(CC(C5)C3)C4)o2)c1. The minimum atomic E-state index is -0.245. The van der Waals surface area contributed by atoms with Crippen LogP contribution < -0.4 is 0 Å². The zero-order valence-electron chi connectivity index (χ0n) is 16.9. The summed E-state index contributed by atoms with van der Waals surface area (Å²) in [4.78, 5) is 12.9. The van der Waals surface area contributed by atoms with Crippen LogP contribution in [0.4, 0.5) is 0 Å². The Labute approximate surface area is 170 Å². The van der Waals surface area contributed by atoms with Crippen molar-refractivity contribution in [1.29, 1.82) is 0 Å². The van der Waals surface area contributed by atoms with E-state index in [0.29, 0.717) is 5.22 Å². The van der Waals surface area contributed by atoms with E-state index in [4.69, 9.17) is 4.42 Å².